The van der Waals surface area contributed by atoms with Crippen molar-refractivity contribution < 1.29 is 5.11 Å². The van der Waals surface area contributed by atoms with Crippen molar-refractivity contribution in [2.45, 2.75) is 38.2 Å². The van der Waals surface area contributed by atoms with E-state index >= 15 is 0 Å². The molecular weight excluding hydrogens is 264 g/mol. The molecule has 110 valence electrons. The summed E-state index contributed by atoms with van der Waals surface area (Å²) in [5.41, 5.74) is 2.25. The van der Waals surface area contributed by atoms with Crippen LogP contribution in [0.2, 0.25) is 0 Å². The fourth-order valence-electron chi connectivity index (χ4n) is 2.60. The first kappa shape index (κ1) is 13.9. The number of aliphatic hydroxyl groups excluding tert-OH is 1. The number of aromatic nitrogens is 3. The minimum Gasteiger partial charge on any atom is -0.393 e. The molecule has 3 rings (SSSR count). The summed E-state index contributed by atoms with van der Waals surface area (Å²) in [5, 5.41) is 12.8. The van der Waals surface area contributed by atoms with E-state index in [1.807, 2.05) is 25.3 Å². The summed E-state index contributed by atoms with van der Waals surface area (Å²) in [7, 11) is 0. The molecule has 0 aliphatic heterocycles. The number of nitrogens with zero attached hydrogens (tertiary/aromatic N) is 3. The summed E-state index contributed by atoms with van der Waals surface area (Å²) in [6, 6.07) is 6.03. The summed E-state index contributed by atoms with van der Waals surface area (Å²) in [5.74, 6) is 2.01. The maximum atomic E-state index is 9.42. The summed E-state index contributed by atoms with van der Waals surface area (Å²) in [4.78, 5) is 13.0. The highest BCUT2D eigenvalue weighted by atomic mass is 16.3. The molecule has 2 heterocycles. The van der Waals surface area contributed by atoms with Crippen molar-refractivity contribution in [3.8, 4) is 0 Å². The van der Waals surface area contributed by atoms with E-state index in [-0.39, 0.29) is 6.10 Å². The number of hydrogen-bond acceptors (Lipinski definition) is 5. The van der Waals surface area contributed by atoms with Gasteiger partial charge in [0, 0.05) is 36.6 Å². The molecule has 21 heavy (non-hydrogen) atoms. The second-order valence-electron chi connectivity index (χ2n) is 5.59. The van der Waals surface area contributed by atoms with Gasteiger partial charge in [-0.3, -0.25) is 4.98 Å². The van der Waals surface area contributed by atoms with Crippen molar-refractivity contribution in [3.63, 3.8) is 0 Å². The zero-order chi connectivity index (χ0) is 14.7. The fourth-order valence-corrected chi connectivity index (χ4v) is 2.60. The third-order valence-corrected chi connectivity index (χ3v) is 3.83. The van der Waals surface area contributed by atoms with Crippen LogP contribution < -0.4 is 5.32 Å². The van der Waals surface area contributed by atoms with Gasteiger partial charge in [0.1, 0.15) is 11.6 Å². The number of rotatable bonds is 5. The summed E-state index contributed by atoms with van der Waals surface area (Å²) < 4.78 is 0. The maximum absolute atomic E-state index is 9.42. The molecule has 5 heteroatoms. The molecule has 0 atom stereocenters. The zero-order valence-electron chi connectivity index (χ0n) is 12.2. The van der Waals surface area contributed by atoms with Crippen LogP contribution in [0.5, 0.6) is 0 Å². The highest BCUT2D eigenvalue weighted by Crippen LogP contribution is 2.36. The Bertz CT molecular complexity index is 596. The Labute approximate surface area is 124 Å². The first-order valence-electron chi connectivity index (χ1n) is 7.37. The molecule has 1 fully saturated rings. The molecule has 0 radical (unpaired) electrons. The monoisotopic (exact) mass is 284 g/mol. The second-order valence-corrected chi connectivity index (χ2v) is 5.59. The molecule has 2 aromatic heterocycles. The lowest BCUT2D eigenvalue weighted by atomic mass is 9.80. The average molecular weight is 284 g/mol. The Morgan fingerprint density at radius 2 is 2.19 bits per heavy atom. The molecule has 0 spiro atoms. The highest BCUT2D eigenvalue weighted by Gasteiger charge is 2.30. The standard InChI is InChI=1S/C16H20N4O/c1-11-19-15(13-7-14(21)8-13)9-16(20-11)18-6-4-12-3-2-5-17-10-12/h2-3,5,9-10,13-14,21H,4,6-8H2,1H3,(H,18,19,20). The van der Waals surface area contributed by atoms with Crippen molar-refractivity contribution >= 4 is 5.82 Å². The minimum atomic E-state index is -0.160. The van der Waals surface area contributed by atoms with Crippen LogP contribution in [0.4, 0.5) is 5.82 Å². The van der Waals surface area contributed by atoms with Gasteiger partial charge in [-0.15, -0.1) is 0 Å². The SMILES string of the molecule is Cc1nc(NCCc2cccnc2)cc(C2CC(O)C2)n1. The Hall–Kier alpha value is -2.01. The summed E-state index contributed by atoms with van der Waals surface area (Å²) in [6.45, 7) is 2.72. The van der Waals surface area contributed by atoms with Gasteiger partial charge in [0.05, 0.1) is 6.10 Å². The van der Waals surface area contributed by atoms with Gasteiger partial charge in [0.25, 0.3) is 0 Å². The topological polar surface area (TPSA) is 70.9 Å². The van der Waals surface area contributed by atoms with Crippen LogP contribution in [0, 0.1) is 6.92 Å². The van der Waals surface area contributed by atoms with E-state index in [2.05, 4.69) is 26.3 Å². The fraction of sp³-hybridized carbons (Fsp3) is 0.438. The molecular formula is C16H20N4O. The van der Waals surface area contributed by atoms with E-state index in [0.29, 0.717) is 5.92 Å². The van der Waals surface area contributed by atoms with Gasteiger partial charge < -0.3 is 10.4 Å². The van der Waals surface area contributed by atoms with E-state index in [1.54, 1.807) is 6.20 Å². The van der Waals surface area contributed by atoms with Crippen molar-refractivity contribution in [1.29, 1.82) is 0 Å². The van der Waals surface area contributed by atoms with Crippen molar-refractivity contribution in [2.75, 3.05) is 11.9 Å². The van der Waals surface area contributed by atoms with Gasteiger partial charge in [-0.05, 0) is 37.8 Å². The second kappa shape index (κ2) is 6.18. The molecule has 1 aliphatic rings. The largest absolute Gasteiger partial charge is 0.393 e. The number of nitrogens with one attached hydrogen (secondary N) is 1. The van der Waals surface area contributed by atoms with Crippen LogP contribution in [0.15, 0.2) is 30.6 Å². The Kier molecular flexibility index (Phi) is 4.10. The van der Waals surface area contributed by atoms with Gasteiger partial charge >= 0.3 is 0 Å². The van der Waals surface area contributed by atoms with E-state index < -0.39 is 0 Å². The number of aliphatic hydroxyl groups is 1. The van der Waals surface area contributed by atoms with E-state index in [0.717, 1.165) is 43.1 Å². The minimum absolute atomic E-state index is 0.160. The van der Waals surface area contributed by atoms with Crippen LogP contribution in [0.1, 0.15) is 35.8 Å². The molecule has 0 bridgehead atoms. The quantitative estimate of drug-likeness (QED) is 0.879. The Balaban J connectivity index is 1.60. The predicted molar refractivity (Wildman–Crippen MR) is 81.2 cm³/mol. The van der Waals surface area contributed by atoms with Crippen LogP contribution in [0.25, 0.3) is 0 Å². The van der Waals surface area contributed by atoms with Crippen LogP contribution >= 0.6 is 0 Å². The molecule has 1 aliphatic carbocycles. The lowest BCUT2D eigenvalue weighted by Crippen LogP contribution is -2.27. The lowest BCUT2D eigenvalue weighted by Gasteiger charge is -2.31. The third kappa shape index (κ3) is 3.55. The van der Waals surface area contributed by atoms with Gasteiger partial charge in [0.2, 0.25) is 0 Å². The van der Waals surface area contributed by atoms with Crippen LogP contribution in [0.3, 0.4) is 0 Å². The van der Waals surface area contributed by atoms with Crippen molar-refractivity contribution in [1.82, 2.24) is 15.0 Å². The molecule has 2 aromatic rings. The van der Waals surface area contributed by atoms with E-state index in [1.165, 1.54) is 5.56 Å². The number of pyridine rings is 1. The molecule has 2 N–H and O–H groups in total. The molecule has 1 saturated carbocycles. The normalized spacial score (nSPS) is 20.9. The van der Waals surface area contributed by atoms with Crippen LogP contribution in [-0.2, 0) is 6.42 Å². The first-order chi connectivity index (χ1) is 10.2. The van der Waals surface area contributed by atoms with Crippen molar-refractivity contribution in [3.05, 3.63) is 47.7 Å². The summed E-state index contributed by atoms with van der Waals surface area (Å²) >= 11 is 0. The van der Waals surface area contributed by atoms with Crippen LogP contribution in [-0.4, -0.2) is 32.7 Å². The molecule has 0 amide bonds. The number of anilines is 1. The molecule has 0 aromatic carbocycles. The molecule has 0 saturated heterocycles. The van der Waals surface area contributed by atoms with Gasteiger partial charge in [-0.2, -0.15) is 0 Å². The van der Waals surface area contributed by atoms with Gasteiger partial charge in [0.15, 0.2) is 0 Å². The smallest absolute Gasteiger partial charge is 0.129 e. The maximum Gasteiger partial charge on any atom is 0.129 e. The van der Waals surface area contributed by atoms with Gasteiger partial charge in [-0.25, -0.2) is 9.97 Å². The van der Waals surface area contributed by atoms with Crippen molar-refractivity contribution in [2.24, 2.45) is 0 Å². The van der Waals surface area contributed by atoms with Gasteiger partial charge in [-0.1, -0.05) is 6.07 Å². The number of hydrogen-bond donors (Lipinski definition) is 2. The lowest BCUT2D eigenvalue weighted by molar-refractivity contribution is 0.0731. The Morgan fingerprint density at radius 1 is 1.33 bits per heavy atom. The van der Waals surface area contributed by atoms with E-state index in [4.69, 9.17) is 0 Å². The summed E-state index contributed by atoms with van der Waals surface area (Å²) in [6.07, 6.45) is 6.04. The molecule has 5 nitrogen and oxygen atoms in total. The predicted octanol–water partition coefficient (Wildman–Crippen LogP) is 2.07. The molecule has 0 unspecified atom stereocenters. The highest BCUT2D eigenvalue weighted by molar-refractivity contribution is 5.38. The Morgan fingerprint density at radius 3 is 2.90 bits per heavy atom. The van der Waals surface area contributed by atoms with E-state index in [9.17, 15) is 5.11 Å². The third-order valence-electron chi connectivity index (χ3n) is 3.83. The first-order valence-corrected chi connectivity index (χ1v) is 7.37. The average Bonchev–Trinajstić information content (AvgIpc) is 2.44. The number of aryl methyl sites for hydroxylation is 1. The zero-order valence-corrected chi connectivity index (χ0v) is 12.2.